The average Bonchev–Trinajstić information content (AvgIpc) is 3.65. The van der Waals surface area contributed by atoms with Crippen LogP contribution < -0.4 is 0 Å². The molecular formula is C52H32N2S. The molecule has 0 N–H and O–H groups in total. The number of aromatic nitrogens is 2. The van der Waals surface area contributed by atoms with Crippen molar-refractivity contribution < 1.29 is 0 Å². The van der Waals surface area contributed by atoms with Gasteiger partial charge in [0.05, 0.1) is 11.4 Å². The number of hydrogen-bond donors (Lipinski definition) is 0. The van der Waals surface area contributed by atoms with E-state index in [9.17, 15) is 0 Å². The maximum atomic E-state index is 5.26. The van der Waals surface area contributed by atoms with E-state index < -0.39 is 0 Å². The highest BCUT2D eigenvalue weighted by Crippen LogP contribution is 2.44. The first-order chi connectivity index (χ1) is 27.3. The van der Waals surface area contributed by atoms with Crippen molar-refractivity contribution in [2.24, 2.45) is 0 Å². The molecule has 11 rings (SSSR count). The Labute approximate surface area is 322 Å². The number of rotatable bonds is 5. The summed E-state index contributed by atoms with van der Waals surface area (Å²) >= 11 is 1.86. The van der Waals surface area contributed by atoms with E-state index in [2.05, 4.69) is 176 Å². The monoisotopic (exact) mass is 716 g/mol. The summed E-state index contributed by atoms with van der Waals surface area (Å²) in [5, 5.41) is 10.1. The molecule has 9 aromatic carbocycles. The molecular weight excluding hydrogens is 685 g/mol. The number of hydrogen-bond acceptors (Lipinski definition) is 3. The average molecular weight is 717 g/mol. The first-order valence-corrected chi connectivity index (χ1v) is 19.5. The zero-order valence-corrected chi connectivity index (χ0v) is 30.6. The summed E-state index contributed by atoms with van der Waals surface area (Å²) in [5.41, 5.74) is 9.71. The van der Waals surface area contributed by atoms with E-state index in [0.29, 0.717) is 5.82 Å². The third-order valence-corrected chi connectivity index (χ3v) is 12.1. The van der Waals surface area contributed by atoms with Crippen molar-refractivity contribution >= 4 is 63.8 Å². The molecule has 0 aliphatic heterocycles. The molecule has 0 spiro atoms. The molecule has 3 heteroatoms. The van der Waals surface area contributed by atoms with Crippen LogP contribution >= 0.6 is 11.3 Å². The molecule has 0 radical (unpaired) electrons. The molecule has 0 saturated heterocycles. The molecule has 256 valence electrons. The van der Waals surface area contributed by atoms with Crippen molar-refractivity contribution in [2.75, 3.05) is 0 Å². The molecule has 55 heavy (non-hydrogen) atoms. The lowest BCUT2D eigenvalue weighted by Crippen LogP contribution is -1.97. The largest absolute Gasteiger partial charge is 0.228 e. The molecule has 0 saturated carbocycles. The quantitative estimate of drug-likeness (QED) is 0.131. The van der Waals surface area contributed by atoms with E-state index in [4.69, 9.17) is 9.97 Å². The molecule has 11 aromatic rings. The SMILES string of the molecule is c1ccc(-c2nc(-c3ccc(-c4c5ccccc5cc5c4ccc4ccccc45)cc3)cc(-c3ccccc3-c3cccc4c3sc3ccccc34)n2)cc1. The molecule has 0 fully saturated rings. The lowest BCUT2D eigenvalue weighted by Gasteiger charge is -2.15. The minimum atomic E-state index is 0.707. The maximum absolute atomic E-state index is 5.26. The zero-order valence-electron chi connectivity index (χ0n) is 29.8. The van der Waals surface area contributed by atoms with Crippen LogP contribution in [0.3, 0.4) is 0 Å². The molecule has 0 unspecified atom stereocenters. The van der Waals surface area contributed by atoms with Crippen molar-refractivity contribution in [3.63, 3.8) is 0 Å². The second-order valence-electron chi connectivity index (χ2n) is 14.1. The summed E-state index contributed by atoms with van der Waals surface area (Å²) in [5.74, 6) is 0.707. The summed E-state index contributed by atoms with van der Waals surface area (Å²) in [7, 11) is 0. The maximum Gasteiger partial charge on any atom is 0.160 e. The minimum Gasteiger partial charge on any atom is -0.228 e. The number of thiophene rings is 1. The Bertz CT molecular complexity index is 3250. The van der Waals surface area contributed by atoms with E-state index >= 15 is 0 Å². The molecule has 0 amide bonds. The van der Waals surface area contributed by atoms with Crippen molar-refractivity contribution in [3.8, 4) is 56.2 Å². The Morgan fingerprint density at radius 1 is 0.327 bits per heavy atom. The first kappa shape index (κ1) is 31.6. The third kappa shape index (κ3) is 5.32. The van der Waals surface area contributed by atoms with Crippen LogP contribution in [0.5, 0.6) is 0 Å². The second-order valence-corrected chi connectivity index (χ2v) is 15.1. The van der Waals surface area contributed by atoms with E-state index in [-0.39, 0.29) is 0 Å². The molecule has 2 nitrogen and oxygen atoms in total. The normalized spacial score (nSPS) is 11.6. The van der Waals surface area contributed by atoms with Gasteiger partial charge in [-0.3, -0.25) is 0 Å². The number of fused-ring (bicyclic) bond motifs is 7. The van der Waals surface area contributed by atoms with E-state index in [0.717, 1.165) is 33.6 Å². The number of benzene rings is 9. The van der Waals surface area contributed by atoms with E-state index in [1.165, 1.54) is 69.2 Å². The summed E-state index contributed by atoms with van der Waals surface area (Å²) in [6.45, 7) is 0. The molecule has 0 bridgehead atoms. The van der Waals surface area contributed by atoms with Gasteiger partial charge in [0.2, 0.25) is 0 Å². The van der Waals surface area contributed by atoms with Crippen LogP contribution in [0.2, 0.25) is 0 Å². The van der Waals surface area contributed by atoms with Gasteiger partial charge in [-0.15, -0.1) is 11.3 Å². The Morgan fingerprint density at radius 3 is 1.82 bits per heavy atom. The predicted molar refractivity (Wildman–Crippen MR) is 235 cm³/mol. The Kier molecular flexibility index (Phi) is 7.39. The fourth-order valence-corrected chi connectivity index (χ4v) is 9.52. The lowest BCUT2D eigenvalue weighted by molar-refractivity contribution is 1.18. The molecule has 0 atom stereocenters. The first-order valence-electron chi connectivity index (χ1n) is 18.7. The van der Waals surface area contributed by atoms with Crippen LogP contribution in [0.15, 0.2) is 194 Å². The van der Waals surface area contributed by atoms with Gasteiger partial charge in [0.1, 0.15) is 0 Å². The van der Waals surface area contributed by atoms with Gasteiger partial charge in [-0.05, 0) is 67.2 Å². The van der Waals surface area contributed by atoms with Crippen LogP contribution in [-0.4, -0.2) is 9.97 Å². The van der Waals surface area contributed by atoms with Crippen molar-refractivity contribution in [3.05, 3.63) is 194 Å². The predicted octanol–water partition coefficient (Wildman–Crippen LogP) is 14.6. The molecule has 2 aromatic heterocycles. The molecule has 2 heterocycles. The highest BCUT2D eigenvalue weighted by molar-refractivity contribution is 7.26. The van der Waals surface area contributed by atoms with Gasteiger partial charge < -0.3 is 0 Å². The van der Waals surface area contributed by atoms with E-state index in [1.807, 2.05) is 29.5 Å². The van der Waals surface area contributed by atoms with Crippen molar-refractivity contribution in [1.29, 1.82) is 0 Å². The van der Waals surface area contributed by atoms with Crippen LogP contribution in [0.4, 0.5) is 0 Å². The van der Waals surface area contributed by atoms with Crippen LogP contribution in [-0.2, 0) is 0 Å². The van der Waals surface area contributed by atoms with Gasteiger partial charge in [0, 0.05) is 42.4 Å². The van der Waals surface area contributed by atoms with Crippen LogP contribution in [0.25, 0.3) is 109 Å². The van der Waals surface area contributed by atoms with Crippen LogP contribution in [0, 0.1) is 0 Å². The smallest absolute Gasteiger partial charge is 0.160 e. The molecule has 0 aliphatic rings. The Balaban J connectivity index is 1.08. The third-order valence-electron chi connectivity index (χ3n) is 10.9. The highest BCUT2D eigenvalue weighted by Gasteiger charge is 2.18. The summed E-state index contributed by atoms with van der Waals surface area (Å²) in [6.07, 6.45) is 0. The van der Waals surface area contributed by atoms with Crippen molar-refractivity contribution in [2.45, 2.75) is 0 Å². The fraction of sp³-hybridized carbons (Fsp3) is 0. The van der Waals surface area contributed by atoms with Gasteiger partial charge in [0.25, 0.3) is 0 Å². The Hall–Kier alpha value is -6.94. The van der Waals surface area contributed by atoms with Gasteiger partial charge in [-0.25, -0.2) is 9.97 Å². The highest BCUT2D eigenvalue weighted by atomic mass is 32.1. The van der Waals surface area contributed by atoms with Crippen molar-refractivity contribution in [1.82, 2.24) is 9.97 Å². The summed E-state index contributed by atoms with van der Waals surface area (Å²) in [6, 6.07) is 69.7. The fourth-order valence-electron chi connectivity index (χ4n) is 8.29. The van der Waals surface area contributed by atoms with Gasteiger partial charge >= 0.3 is 0 Å². The molecule has 0 aliphatic carbocycles. The van der Waals surface area contributed by atoms with E-state index in [1.54, 1.807) is 0 Å². The van der Waals surface area contributed by atoms with Crippen LogP contribution in [0.1, 0.15) is 0 Å². The standard InChI is InChI=1S/C52H32N2S/c1-2-14-36(15-3-1)52-53-47(32-48(54-52)41-20-9-8-19-40(41)44-22-12-23-45-42-21-10-11-24-49(42)55-51(44)45)34-25-27-35(28-26-34)50-39-18-7-5-16-37(39)31-46-38-17-6-4-13-33(38)29-30-43(46)50/h1-32H. The zero-order chi connectivity index (χ0) is 36.3. The second kappa shape index (κ2) is 12.9. The number of nitrogens with zero attached hydrogens (tertiary/aromatic N) is 2. The summed E-state index contributed by atoms with van der Waals surface area (Å²) < 4.78 is 2.59. The van der Waals surface area contributed by atoms with Gasteiger partial charge in [-0.2, -0.15) is 0 Å². The lowest BCUT2D eigenvalue weighted by atomic mass is 9.89. The van der Waals surface area contributed by atoms with Gasteiger partial charge in [0.15, 0.2) is 5.82 Å². The van der Waals surface area contributed by atoms with Gasteiger partial charge in [-0.1, -0.05) is 176 Å². The summed E-state index contributed by atoms with van der Waals surface area (Å²) in [4.78, 5) is 10.5. The Morgan fingerprint density at radius 2 is 0.964 bits per heavy atom. The topological polar surface area (TPSA) is 25.8 Å². The minimum absolute atomic E-state index is 0.707.